The highest BCUT2D eigenvalue weighted by atomic mass is 16.5. The summed E-state index contributed by atoms with van der Waals surface area (Å²) in [6, 6.07) is 8.64. The maximum atomic E-state index is 5.44. The first-order chi connectivity index (χ1) is 12.3. The van der Waals surface area contributed by atoms with Crippen molar-refractivity contribution in [3.8, 4) is 0 Å². The second-order valence-electron chi connectivity index (χ2n) is 6.69. The van der Waals surface area contributed by atoms with Gasteiger partial charge in [0.1, 0.15) is 0 Å². The van der Waals surface area contributed by atoms with Crippen LogP contribution in [-0.2, 0) is 22.6 Å². The Kier molecular flexibility index (Phi) is 7.09. The third-order valence-electron chi connectivity index (χ3n) is 4.87. The first-order valence-corrected chi connectivity index (χ1v) is 9.24. The van der Waals surface area contributed by atoms with Crippen molar-refractivity contribution in [1.82, 2.24) is 15.5 Å². The number of hydrogen-bond acceptors (Lipinski definition) is 4. The summed E-state index contributed by atoms with van der Waals surface area (Å²) in [5.74, 6) is 1.44. The van der Waals surface area contributed by atoms with Crippen LogP contribution in [0.15, 0.2) is 29.3 Å². The van der Waals surface area contributed by atoms with E-state index in [4.69, 9.17) is 9.47 Å². The summed E-state index contributed by atoms with van der Waals surface area (Å²) in [6.45, 7) is 8.09. The number of hydrogen-bond donors (Lipinski definition) is 2. The van der Waals surface area contributed by atoms with Gasteiger partial charge < -0.3 is 20.1 Å². The molecule has 0 aromatic heterocycles. The molecule has 3 rings (SSSR count). The summed E-state index contributed by atoms with van der Waals surface area (Å²) in [5, 5.41) is 6.86. The van der Waals surface area contributed by atoms with Crippen LogP contribution in [0.5, 0.6) is 0 Å². The van der Waals surface area contributed by atoms with E-state index in [1.807, 2.05) is 7.05 Å². The molecule has 0 radical (unpaired) electrons. The molecule has 0 amide bonds. The number of guanidine groups is 1. The van der Waals surface area contributed by atoms with E-state index in [1.165, 1.54) is 11.1 Å². The molecule has 2 fully saturated rings. The van der Waals surface area contributed by atoms with Gasteiger partial charge in [0, 0.05) is 52.3 Å². The Morgan fingerprint density at radius 1 is 1.12 bits per heavy atom. The smallest absolute Gasteiger partial charge is 0.191 e. The lowest BCUT2D eigenvalue weighted by Crippen LogP contribution is -2.40. The lowest BCUT2D eigenvalue weighted by atomic mass is 10.1. The van der Waals surface area contributed by atoms with Crippen molar-refractivity contribution < 1.29 is 9.47 Å². The van der Waals surface area contributed by atoms with Gasteiger partial charge >= 0.3 is 0 Å². The molecule has 1 aromatic carbocycles. The Bertz CT molecular complexity index is 552. The first kappa shape index (κ1) is 18.2. The molecule has 25 heavy (non-hydrogen) atoms. The van der Waals surface area contributed by atoms with E-state index in [1.54, 1.807) is 0 Å². The van der Waals surface area contributed by atoms with Gasteiger partial charge in [0.15, 0.2) is 5.96 Å². The maximum Gasteiger partial charge on any atom is 0.191 e. The van der Waals surface area contributed by atoms with Crippen LogP contribution in [0.4, 0.5) is 0 Å². The van der Waals surface area contributed by atoms with E-state index < -0.39 is 0 Å². The summed E-state index contributed by atoms with van der Waals surface area (Å²) in [5.41, 5.74) is 2.69. The zero-order chi connectivity index (χ0) is 17.3. The van der Waals surface area contributed by atoms with Crippen LogP contribution < -0.4 is 10.6 Å². The summed E-state index contributed by atoms with van der Waals surface area (Å²) in [6.07, 6.45) is 1.13. The average molecular weight is 346 g/mol. The second-order valence-corrected chi connectivity index (χ2v) is 6.69. The SMILES string of the molecule is CN=C(NCc1ccccc1CN1CCOCC1)NCC1CCOC1. The molecule has 138 valence electrons. The second kappa shape index (κ2) is 9.75. The number of benzene rings is 1. The fraction of sp³-hybridized carbons (Fsp3) is 0.632. The van der Waals surface area contributed by atoms with E-state index in [-0.39, 0.29) is 0 Å². The summed E-state index contributed by atoms with van der Waals surface area (Å²) in [4.78, 5) is 6.79. The van der Waals surface area contributed by atoms with Crippen molar-refractivity contribution in [2.45, 2.75) is 19.5 Å². The van der Waals surface area contributed by atoms with E-state index in [0.717, 1.165) is 71.5 Å². The van der Waals surface area contributed by atoms with Gasteiger partial charge in [-0.1, -0.05) is 24.3 Å². The van der Waals surface area contributed by atoms with E-state index in [9.17, 15) is 0 Å². The molecule has 6 nitrogen and oxygen atoms in total. The quantitative estimate of drug-likeness (QED) is 0.599. The minimum Gasteiger partial charge on any atom is -0.381 e. The Labute approximate surface area is 150 Å². The summed E-state index contributed by atoms with van der Waals surface area (Å²) < 4.78 is 10.9. The van der Waals surface area contributed by atoms with Gasteiger partial charge in [-0.25, -0.2) is 0 Å². The van der Waals surface area contributed by atoms with Crippen molar-refractivity contribution in [3.63, 3.8) is 0 Å². The van der Waals surface area contributed by atoms with Crippen molar-refractivity contribution in [1.29, 1.82) is 0 Å². The number of morpholine rings is 1. The third kappa shape index (κ3) is 5.70. The van der Waals surface area contributed by atoms with Crippen molar-refractivity contribution in [2.75, 3.05) is 53.1 Å². The monoisotopic (exact) mass is 346 g/mol. The van der Waals surface area contributed by atoms with Gasteiger partial charge in [-0.2, -0.15) is 0 Å². The van der Waals surface area contributed by atoms with E-state index >= 15 is 0 Å². The van der Waals surface area contributed by atoms with Gasteiger partial charge in [-0.05, 0) is 17.5 Å². The molecule has 0 spiro atoms. The number of rotatable bonds is 6. The number of aliphatic imine (C=N–C) groups is 1. The number of ether oxygens (including phenoxy) is 2. The van der Waals surface area contributed by atoms with Crippen LogP contribution in [0, 0.1) is 5.92 Å². The fourth-order valence-electron chi connectivity index (χ4n) is 3.27. The Morgan fingerprint density at radius 2 is 1.92 bits per heavy atom. The van der Waals surface area contributed by atoms with Crippen LogP contribution in [0.3, 0.4) is 0 Å². The first-order valence-electron chi connectivity index (χ1n) is 9.24. The highest BCUT2D eigenvalue weighted by Crippen LogP contribution is 2.13. The molecule has 6 heteroatoms. The van der Waals surface area contributed by atoms with Crippen LogP contribution in [0.2, 0.25) is 0 Å². The molecule has 0 aliphatic carbocycles. The molecule has 2 aliphatic rings. The van der Waals surface area contributed by atoms with E-state index in [2.05, 4.69) is 44.8 Å². The molecular weight excluding hydrogens is 316 g/mol. The van der Waals surface area contributed by atoms with Crippen molar-refractivity contribution in [2.24, 2.45) is 10.9 Å². The van der Waals surface area contributed by atoms with Crippen LogP contribution in [-0.4, -0.2) is 64.0 Å². The third-order valence-corrected chi connectivity index (χ3v) is 4.87. The summed E-state index contributed by atoms with van der Waals surface area (Å²) >= 11 is 0. The molecular formula is C19H30N4O2. The Morgan fingerprint density at radius 3 is 2.64 bits per heavy atom. The summed E-state index contributed by atoms with van der Waals surface area (Å²) in [7, 11) is 1.82. The van der Waals surface area contributed by atoms with Gasteiger partial charge in [0.2, 0.25) is 0 Å². The van der Waals surface area contributed by atoms with Gasteiger partial charge in [0.25, 0.3) is 0 Å². The largest absolute Gasteiger partial charge is 0.381 e. The molecule has 1 aromatic rings. The minimum absolute atomic E-state index is 0.590. The topological polar surface area (TPSA) is 58.1 Å². The molecule has 2 aliphatic heterocycles. The van der Waals surface area contributed by atoms with Crippen molar-refractivity contribution >= 4 is 5.96 Å². The fourth-order valence-corrected chi connectivity index (χ4v) is 3.27. The van der Waals surface area contributed by atoms with Gasteiger partial charge in [0.05, 0.1) is 19.8 Å². The van der Waals surface area contributed by atoms with Crippen molar-refractivity contribution in [3.05, 3.63) is 35.4 Å². The molecule has 2 heterocycles. The zero-order valence-electron chi connectivity index (χ0n) is 15.2. The average Bonchev–Trinajstić information content (AvgIpc) is 3.17. The lowest BCUT2D eigenvalue weighted by Gasteiger charge is -2.27. The molecule has 2 N–H and O–H groups in total. The molecule has 0 bridgehead atoms. The highest BCUT2D eigenvalue weighted by Gasteiger charge is 2.16. The van der Waals surface area contributed by atoms with Crippen LogP contribution >= 0.6 is 0 Å². The molecule has 1 atom stereocenters. The van der Waals surface area contributed by atoms with Gasteiger partial charge in [-0.3, -0.25) is 9.89 Å². The normalized spacial score (nSPS) is 22.1. The lowest BCUT2D eigenvalue weighted by molar-refractivity contribution is 0.0341. The minimum atomic E-state index is 0.590. The Balaban J connectivity index is 1.50. The predicted octanol–water partition coefficient (Wildman–Crippen LogP) is 1.22. The molecule has 2 saturated heterocycles. The maximum absolute atomic E-state index is 5.44. The Hall–Kier alpha value is -1.63. The van der Waals surface area contributed by atoms with Crippen LogP contribution in [0.1, 0.15) is 17.5 Å². The highest BCUT2D eigenvalue weighted by molar-refractivity contribution is 5.79. The number of nitrogens with one attached hydrogen (secondary N) is 2. The predicted molar refractivity (Wildman–Crippen MR) is 99.7 cm³/mol. The zero-order valence-corrected chi connectivity index (χ0v) is 15.2. The molecule has 1 unspecified atom stereocenters. The van der Waals surface area contributed by atoms with E-state index in [0.29, 0.717) is 5.92 Å². The standard InChI is InChI=1S/C19H30N4O2/c1-20-19(21-12-16-6-9-25-15-16)22-13-17-4-2-3-5-18(17)14-23-7-10-24-11-8-23/h2-5,16H,6-15H2,1H3,(H2,20,21,22). The molecule has 0 saturated carbocycles. The van der Waals surface area contributed by atoms with Gasteiger partial charge in [-0.15, -0.1) is 0 Å². The van der Waals surface area contributed by atoms with Crippen LogP contribution in [0.25, 0.3) is 0 Å². The number of nitrogens with zero attached hydrogens (tertiary/aromatic N) is 2.